The number of amides is 1. The van der Waals surface area contributed by atoms with Crippen molar-refractivity contribution >= 4 is 38.8 Å². The summed E-state index contributed by atoms with van der Waals surface area (Å²) in [6, 6.07) is 3.69. The smallest absolute Gasteiger partial charge is 0.233 e. The minimum Gasteiger partial charge on any atom is -0.338 e. The largest absolute Gasteiger partial charge is 0.338 e. The lowest BCUT2D eigenvalue weighted by Crippen LogP contribution is -2.42. The van der Waals surface area contributed by atoms with E-state index in [2.05, 4.69) is 15.2 Å². The number of hydrogen-bond acceptors (Lipinski definition) is 7. The van der Waals surface area contributed by atoms with Gasteiger partial charge >= 0.3 is 0 Å². The van der Waals surface area contributed by atoms with Crippen molar-refractivity contribution in [2.24, 2.45) is 0 Å². The fraction of sp³-hybridized carbons (Fsp3) is 0.533. The summed E-state index contributed by atoms with van der Waals surface area (Å²) in [5.74, 6) is 1.09. The Kier molecular flexibility index (Phi) is 5.80. The van der Waals surface area contributed by atoms with Crippen molar-refractivity contribution in [3.8, 4) is 10.7 Å². The van der Waals surface area contributed by atoms with Crippen molar-refractivity contribution in [2.45, 2.75) is 31.0 Å². The van der Waals surface area contributed by atoms with Crippen LogP contribution < -0.4 is 0 Å². The Morgan fingerprint density at radius 3 is 3.00 bits per heavy atom. The SMILES string of the molecule is CCCN(C(=O)CSc1n[nH]c(-c2cccs2)n1)[C@@H]1CCS(=O)(=O)C1. The van der Waals surface area contributed by atoms with Crippen LogP contribution in [0.4, 0.5) is 0 Å². The van der Waals surface area contributed by atoms with Crippen molar-refractivity contribution in [1.29, 1.82) is 0 Å². The molecule has 1 N–H and O–H groups in total. The van der Waals surface area contributed by atoms with Gasteiger partial charge in [0.2, 0.25) is 11.1 Å². The van der Waals surface area contributed by atoms with E-state index in [1.807, 2.05) is 24.4 Å². The number of nitrogens with zero attached hydrogens (tertiary/aromatic N) is 3. The highest BCUT2D eigenvalue weighted by Gasteiger charge is 2.34. The normalized spacial score (nSPS) is 19.2. The molecule has 136 valence electrons. The van der Waals surface area contributed by atoms with Gasteiger partial charge in [-0.2, -0.15) is 0 Å². The van der Waals surface area contributed by atoms with Gasteiger partial charge in [-0.3, -0.25) is 9.89 Å². The molecule has 10 heteroatoms. The van der Waals surface area contributed by atoms with Crippen LogP contribution in [0.2, 0.25) is 0 Å². The van der Waals surface area contributed by atoms with E-state index < -0.39 is 9.84 Å². The molecular formula is C15H20N4O3S3. The van der Waals surface area contributed by atoms with Crippen LogP contribution in [0.3, 0.4) is 0 Å². The zero-order valence-corrected chi connectivity index (χ0v) is 16.3. The van der Waals surface area contributed by atoms with Gasteiger partial charge in [0, 0.05) is 12.6 Å². The number of thioether (sulfide) groups is 1. The molecule has 1 atom stereocenters. The summed E-state index contributed by atoms with van der Waals surface area (Å²) in [6.07, 6.45) is 1.33. The number of aromatic amines is 1. The lowest BCUT2D eigenvalue weighted by atomic mass is 10.2. The van der Waals surface area contributed by atoms with Crippen LogP contribution in [0.5, 0.6) is 0 Å². The summed E-state index contributed by atoms with van der Waals surface area (Å²) in [5, 5.41) is 9.50. The summed E-state index contributed by atoms with van der Waals surface area (Å²) in [6.45, 7) is 2.56. The molecule has 0 aromatic carbocycles. The van der Waals surface area contributed by atoms with E-state index >= 15 is 0 Å². The van der Waals surface area contributed by atoms with Gasteiger partial charge in [0.05, 0.1) is 22.1 Å². The number of carbonyl (C=O) groups excluding carboxylic acids is 1. The Morgan fingerprint density at radius 1 is 1.52 bits per heavy atom. The van der Waals surface area contributed by atoms with Gasteiger partial charge in [0.15, 0.2) is 15.7 Å². The Hall–Kier alpha value is -1.39. The Morgan fingerprint density at radius 2 is 2.36 bits per heavy atom. The van der Waals surface area contributed by atoms with Gasteiger partial charge < -0.3 is 4.90 Å². The third kappa shape index (κ3) is 4.62. The molecule has 0 bridgehead atoms. The van der Waals surface area contributed by atoms with Crippen LogP contribution in [0.15, 0.2) is 22.7 Å². The van der Waals surface area contributed by atoms with Gasteiger partial charge in [0.1, 0.15) is 0 Å². The minimum atomic E-state index is -3.01. The molecule has 0 unspecified atom stereocenters. The summed E-state index contributed by atoms with van der Waals surface area (Å²) in [7, 11) is -3.01. The van der Waals surface area contributed by atoms with E-state index in [4.69, 9.17) is 0 Å². The molecule has 0 radical (unpaired) electrons. The first-order valence-electron chi connectivity index (χ1n) is 8.07. The van der Waals surface area contributed by atoms with Crippen molar-refractivity contribution in [1.82, 2.24) is 20.1 Å². The lowest BCUT2D eigenvalue weighted by Gasteiger charge is -2.27. The van der Waals surface area contributed by atoms with E-state index in [-0.39, 0.29) is 29.2 Å². The number of sulfone groups is 1. The minimum absolute atomic E-state index is 0.0589. The Balaban J connectivity index is 1.60. The van der Waals surface area contributed by atoms with E-state index in [0.29, 0.717) is 23.9 Å². The van der Waals surface area contributed by atoms with Gasteiger partial charge in [-0.1, -0.05) is 24.8 Å². The quantitative estimate of drug-likeness (QED) is 0.715. The summed E-state index contributed by atoms with van der Waals surface area (Å²) in [4.78, 5) is 19.7. The van der Waals surface area contributed by atoms with Crippen LogP contribution in [-0.2, 0) is 14.6 Å². The van der Waals surface area contributed by atoms with Gasteiger partial charge in [-0.15, -0.1) is 16.4 Å². The van der Waals surface area contributed by atoms with Gasteiger partial charge in [-0.25, -0.2) is 13.4 Å². The summed E-state index contributed by atoms with van der Waals surface area (Å²) < 4.78 is 23.4. The average molecular weight is 401 g/mol. The monoisotopic (exact) mass is 400 g/mol. The van der Waals surface area contributed by atoms with Crippen molar-refractivity contribution < 1.29 is 13.2 Å². The zero-order chi connectivity index (χ0) is 17.9. The second kappa shape index (κ2) is 7.88. The predicted octanol–water partition coefficient (Wildman–Crippen LogP) is 2.05. The second-order valence-corrected chi connectivity index (χ2v) is 10.00. The first-order valence-corrected chi connectivity index (χ1v) is 11.8. The lowest BCUT2D eigenvalue weighted by molar-refractivity contribution is -0.130. The first-order chi connectivity index (χ1) is 12.0. The molecule has 2 aromatic heterocycles. The molecule has 2 aromatic rings. The highest BCUT2D eigenvalue weighted by atomic mass is 32.2. The van der Waals surface area contributed by atoms with Crippen LogP contribution in [0, 0.1) is 0 Å². The van der Waals surface area contributed by atoms with Crippen molar-refractivity contribution in [3.05, 3.63) is 17.5 Å². The third-order valence-corrected chi connectivity index (χ3v) is 7.44. The number of thiophene rings is 1. The summed E-state index contributed by atoms with van der Waals surface area (Å²) in [5.41, 5.74) is 0. The molecule has 0 saturated carbocycles. The average Bonchev–Trinajstić information content (AvgIpc) is 3.30. The molecule has 1 saturated heterocycles. The number of carbonyl (C=O) groups is 1. The number of hydrogen-bond donors (Lipinski definition) is 1. The topological polar surface area (TPSA) is 96.0 Å². The van der Waals surface area contributed by atoms with E-state index in [1.54, 1.807) is 16.2 Å². The highest BCUT2D eigenvalue weighted by molar-refractivity contribution is 7.99. The van der Waals surface area contributed by atoms with Crippen molar-refractivity contribution in [3.63, 3.8) is 0 Å². The van der Waals surface area contributed by atoms with E-state index in [1.165, 1.54) is 11.8 Å². The molecule has 1 aliphatic heterocycles. The maximum atomic E-state index is 12.6. The number of H-pyrrole nitrogens is 1. The summed E-state index contributed by atoms with van der Waals surface area (Å²) >= 11 is 2.84. The maximum Gasteiger partial charge on any atom is 0.233 e. The highest BCUT2D eigenvalue weighted by Crippen LogP contribution is 2.24. The molecular weight excluding hydrogens is 380 g/mol. The number of aromatic nitrogens is 3. The standard InChI is InChI=1S/C15H20N4O3S3/c1-2-6-19(11-5-8-25(21,22)10-11)13(20)9-24-15-16-14(17-18-15)12-4-3-7-23-12/h3-4,7,11H,2,5-6,8-10H2,1H3,(H,16,17,18)/t11-/m1/s1. The molecule has 7 nitrogen and oxygen atoms in total. The fourth-order valence-corrected chi connectivity index (χ4v) is 5.90. The molecule has 3 heterocycles. The second-order valence-electron chi connectivity index (χ2n) is 5.88. The maximum absolute atomic E-state index is 12.6. The van der Waals surface area contributed by atoms with Crippen LogP contribution in [-0.4, -0.2) is 64.3 Å². The Labute approximate surface area is 155 Å². The van der Waals surface area contributed by atoms with Gasteiger partial charge in [0.25, 0.3) is 0 Å². The van der Waals surface area contributed by atoms with E-state index in [0.717, 1.165) is 11.3 Å². The van der Waals surface area contributed by atoms with Crippen LogP contribution in [0.25, 0.3) is 10.7 Å². The van der Waals surface area contributed by atoms with Gasteiger partial charge in [-0.05, 0) is 24.3 Å². The molecule has 0 spiro atoms. The molecule has 0 aliphatic carbocycles. The van der Waals surface area contributed by atoms with Crippen LogP contribution >= 0.6 is 23.1 Å². The zero-order valence-electron chi connectivity index (χ0n) is 13.8. The van der Waals surface area contributed by atoms with Crippen LogP contribution in [0.1, 0.15) is 19.8 Å². The third-order valence-electron chi connectivity index (χ3n) is 3.98. The molecule has 1 fully saturated rings. The molecule has 3 rings (SSSR count). The molecule has 1 aliphatic rings. The fourth-order valence-electron chi connectivity index (χ4n) is 2.82. The molecule has 1 amide bonds. The van der Waals surface area contributed by atoms with Crippen molar-refractivity contribution in [2.75, 3.05) is 23.8 Å². The number of rotatable bonds is 7. The predicted molar refractivity (Wildman–Crippen MR) is 99.5 cm³/mol. The first kappa shape index (κ1) is 18.4. The number of nitrogens with one attached hydrogen (secondary N) is 1. The Bertz CT molecular complexity index is 817. The van der Waals surface area contributed by atoms with E-state index in [9.17, 15) is 13.2 Å². The molecule has 25 heavy (non-hydrogen) atoms.